The molecule has 5 heteroatoms. The normalized spacial score (nSPS) is 20.8. The number of carbonyl (C=O) groups is 1. The minimum absolute atomic E-state index is 0.0759. The van der Waals surface area contributed by atoms with Gasteiger partial charge in [0.15, 0.2) is 4.67 Å². The van der Waals surface area contributed by atoms with E-state index in [4.69, 9.17) is 10.2 Å². The van der Waals surface area contributed by atoms with Crippen LogP contribution in [-0.4, -0.2) is 11.9 Å². The van der Waals surface area contributed by atoms with Gasteiger partial charge in [0, 0.05) is 6.07 Å². The van der Waals surface area contributed by atoms with Gasteiger partial charge in [-0.2, -0.15) is 0 Å². The van der Waals surface area contributed by atoms with Crippen LogP contribution in [-0.2, 0) is 6.42 Å². The molecule has 0 fully saturated rings. The predicted octanol–water partition coefficient (Wildman–Crippen LogP) is 2.71. The third-order valence-corrected chi connectivity index (χ3v) is 4.13. The lowest BCUT2D eigenvalue weighted by Gasteiger charge is -2.17. The summed E-state index contributed by atoms with van der Waals surface area (Å²) in [5.41, 5.74) is 9.07. The van der Waals surface area contributed by atoms with Crippen molar-refractivity contribution in [2.45, 2.75) is 25.4 Å². The Hall–Kier alpha value is -1.59. The number of nitrogens with one attached hydrogen (secondary N) is 1. The van der Waals surface area contributed by atoms with Gasteiger partial charge in [0.2, 0.25) is 0 Å². The number of hydrogen-bond acceptors (Lipinski definition) is 3. The fourth-order valence-electron chi connectivity index (χ4n) is 2.68. The fraction of sp³-hybridized carbons (Fsp3) is 0.267. The van der Waals surface area contributed by atoms with Crippen molar-refractivity contribution in [3.63, 3.8) is 0 Å². The summed E-state index contributed by atoms with van der Waals surface area (Å²) in [5, 5.41) is 3.00. The number of amides is 1. The summed E-state index contributed by atoms with van der Waals surface area (Å²) in [4.78, 5) is 12.3. The van der Waals surface area contributed by atoms with E-state index in [1.54, 1.807) is 13.0 Å². The molecule has 20 heavy (non-hydrogen) atoms. The van der Waals surface area contributed by atoms with Gasteiger partial charge >= 0.3 is 0 Å². The molecule has 2 aromatic rings. The predicted molar refractivity (Wildman–Crippen MR) is 79.5 cm³/mol. The molecule has 0 saturated heterocycles. The van der Waals surface area contributed by atoms with Gasteiger partial charge in [-0.25, -0.2) is 0 Å². The molecule has 3 N–H and O–H groups in total. The lowest BCUT2D eigenvalue weighted by Crippen LogP contribution is -2.40. The van der Waals surface area contributed by atoms with Crippen LogP contribution in [0.4, 0.5) is 0 Å². The van der Waals surface area contributed by atoms with E-state index < -0.39 is 0 Å². The Balaban J connectivity index is 1.77. The number of fused-ring (bicyclic) bond motifs is 1. The van der Waals surface area contributed by atoms with Crippen LogP contribution >= 0.6 is 15.9 Å². The topological polar surface area (TPSA) is 68.3 Å². The molecule has 104 valence electrons. The van der Waals surface area contributed by atoms with E-state index in [1.165, 1.54) is 5.56 Å². The molecule has 1 amide bonds. The second-order valence-electron chi connectivity index (χ2n) is 5.03. The molecular weight excluding hydrogens is 320 g/mol. The second kappa shape index (κ2) is 5.07. The van der Waals surface area contributed by atoms with E-state index in [2.05, 4.69) is 27.3 Å². The third-order valence-electron chi connectivity index (χ3n) is 3.74. The highest BCUT2D eigenvalue weighted by Crippen LogP contribution is 2.29. The Labute approximate surface area is 125 Å². The van der Waals surface area contributed by atoms with E-state index >= 15 is 0 Å². The smallest absolute Gasteiger partial charge is 0.255 e. The molecule has 0 saturated carbocycles. The number of aryl methyl sites for hydroxylation is 1. The third kappa shape index (κ3) is 2.27. The summed E-state index contributed by atoms with van der Waals surface area (Å²) >= 11 is 3.23. The standard InChI is InChI=1S/C15H15BrN2O2/c1-8-11(7-13(16)20-8)15(19)18-12-6-9-4-2-3-5-10(9)14(12)17/h2-5,7,12,14H,6,17H2,1H3,(H,18,19)/t12-,14-/m1/s1. The van der Waals surface area contributed by atoms with Crippen molar-refractivity contribution >= 4 is 21.8 Å². The monoisotopic (exact) mass is 334 g/mol. The van der Waals surface area contributed by atoms with Crippen LogP contribution in [0.1, 0.15) is 33.3 Å². The first-order valence-electron chi connectivity index (χ1n) is 6.46. The molecule has 0 aliphatic heterocycles. The molecule has 2 atom stereocenters. The summed E-state index contributed by atoms with van der Waals surface area (Å²) in [6.07, 6.45) is 0.765. The van der Waals surface area contributed by atoms with E-state index in [1.807, 2.05) is 18.2 Å². The Bertz CT molecular complexity index is 666. The highest BCUT2D eigenvalue weighted by molar-refractivity contribution is 9.10. The second-order valence-corrected chi connectivity index (χ2v) is 5.81. The Morgan fingerprint density at radius 1 is 1.45 bits per heavy atom. The zero-order chi connectivity index (χ0) is 14.3. The van der Waals surface area contributed by atoms with Crippen LogP contribution < -0.4 is 11.1 Å². The summed E-state index contributed by atoms with van der Waals surface area (Å²) in [6, 6.07) is 9.48. The number of furan rings is 1. The van der Waals surface area contributed by atoms with Crippen LogP contribution in [0, 0.1) is 6.92 Å². The van der Waals surface area contributed by atoms with Crippen LogP contribution in [0.5, 0.6) is 0 Å². The number of rotatable bonds is 2. The molecule has 3 rings (SSSR count). The van der Waals surface area contributed by atoms with Crippen molar-refractivity contribution in [3.05, 3.63) is 57.5 Å². The largest absolute Gasteiger partial charge is 0.454 e. The Kier molecular flexibility index (Phi) is 3.40. The number of nitrogens with two attached hydrogens (primary N) is 1. The molecule has 1 heterocycles. The van der Waals surface area contributed by atoms with Crippen LogP contribution in [0.2, 0.25) is 0 Å². The first kappa shape index (κ1) is 13.4. The zero-order valence-electron chi connectivity index (χ0n) is 11.0. The molecule has 1 aromatic heterocycles. The molecule has 1 aliphatic rings. The van der Waals surface area contributed by atoms with Gasteiger partial charge in [-0.3, -0.25) is 4.79 Å². The van der Waals surface area contributed by atoms with Crippen molar-refractivity contribution < 1.29 is 9.21 Å². The molecule has 1 aromatic carbocycles. The first-order valence-corrected chi connectivity index (χ1v) is 7.25. The van der Waals surface area contributed by atoms with Crippen molar-refractivity contribution in [3.8, 4) is 0 Å². The van der Waals surface area contributed by atoms with Crippen molar-refractivity contribution in [1.82, 2.24) is 5.32 Å². The number of carbonyl (C=O) groups excluding carboxylic acids is 1. The highest BCUT2D eigenvalue weighted by atomic mass is 79.9. The van der Waals surface area contributed by atoms with E-state index in [-0.39, 0.29) is 18.0 Å². The van der Waals surface area contributed by atoms with Gasteiger partial charge in [0.25, 0.3) is 5.91 Å². The molecule has 0 radical (unpaired) electrons. The molecule has 0 unspecified atom stereocenters. The van der Waals surface area contributed by atoms with Crippen molar-refractivity contribution in [1.29, 1.82) is 0 Å². The number of halogens is 1. The lowest BCUT2D eigenvalue weighted by molar-refractivity contribution is 0.0932. The molecule has 4 nitrogen and oxygen atoms in total. The fourth-order valence-corrected chi connectivity index (χ4v) is 3.16. The van der Waals surface area contributed by atoms with Gasteiger partial charge in [-0.15, -0.1) is 0 Å². The molecular formula is C15H15BrN2O2. The average molecular weight is 335 g/mol. The van der Waals surface area contributed by atoms with Crippen molar-refractivity contribution in [2.75, 3.05) is 0 Å². The van der Waals surface area contributed by atoms with E-state index in [0.29, 0.717) is 16.0 Å². The maximum atomic E-state index is 12.3. The maximum Gasteiger partial charge on any atom is 0.255 e. The summed E-state index contributed by atoms with van der Waals surface area (Å²) in [6.45, 7) is 1.77. The molecule has 0 bridgehead atoms. The minimum Gasteiger partial charge on any atom is -0.454 e. The first-order chi connectivity index (χ1) is 9.56. The number of hydrogen-bond donors (Lipinski definition) is 2. The van der Waals surface area contributed by atoms with E-state index in [9.17, 15) is 4.79 Å². The maximum absolute atomic E-state index is 12.3. The van der Waals surface area contributed by atoms with Gasteiger partial charge in [0.05, 0.1) is 17.6 Å². The average Bonchev–Trinajstić information content (AvgIpc) is 2.91. The number of benzene rings is 1. The van der Waals surface area contributed by atoms with Crippen LogP contribution in [0.3, 0.4) is 0 Å². The molecule has 1 aliphatic carbocycles. The Morgan fingerprint density at radius 2 is 2.20 bits per heavy atom. The van der Waals surface area contributed by atoms with Crippen LogP contribution in [0.25, 0.3) is 0 Å². The van der Waals surface area contributed by atoms with Crippen molar-refractivity contribution in [2.24, 2.45) is 5.73 Å². The molecule has 0 spiro atoms. The summed E-state index contributed by atoms with van der Waals surface area (Å²) in [5.74, 6) is 0.448. The minimum atomic E-state index is -0.161. The van der Waals surface area contributed by atoms with E-state index in [0.717, 1.165) is 12.0 Å². The highest BCUT2D eigenvalue weighted by Gasteiger charge is 2.31. The van der Waals surface area contributed by atoms with Crippen LogP contribution in [0.15, 0.2) is 39.4 Å². The summed E-state index contributed by atoms with van der Waals surface area (Å²) in [7, 11) is 0. The summed E-state index contributed by atoms with van der Waals surface area (Å²) < 4.78 is 5.87. The van der Waals surface area contributed by atoms with Gasteiger partial charge in [-0.05, 0) is 40.4 Å². The van der Waals surface area contributed by atoms with Gasteiger partial charge < -0.3 is 15.5 Å². The van der Waals surface area contributed by atoms with Gasteiger partial charge in [-0.1, -0.05) is 24.3 Å². The Morgan fingerprint density at radius 3 is 2.85 bits per heavy atom. The SMILES string of the molecule is Cc1oc(Br)cc1C(=O)N[C@@H]1Cc2ccccc2[C@H]1N. The zero-order valence-corrected chi connectivity index (χ0v) is 12.6. The lowest BCUT2D eigenvalue weighted by atomic mass is 10.1. The quantitative estimate of drug-likeness (QED) is 0.887. The van der Waals surface area contributed by atoms with Gasteiger partial charge in [0.1, 0.15) is 5.76 Å².